The fraction of sp³-hybridized carbons (Fsp3) is 0.409. The third kappa shape index (κ3) is 3.58. The van der Waals surface area contributed by atoms with Gasteiger partial charge in [-0.15, -0.1) is 0 Å². The number of carbonyl (C=O) groups excluding carboxylic acids is 1. The standard InChI is InChI=1S/C22H27FN6O4/c1-10-9-32-21-18(26-7-5-6-13-11(2)27-28(4)12(13)3)16(23)17(24)15-19(21)29(10)8-14(20(15)30)22(31)33-25/h8,10,26H,5-7,9,24-25H2,1-4H3/t10-/m0/s1. The summed E-state index contributed by atoms with van der Waals surface area (Å²) >= 11 is 0. The van der Waals surface area contributed by atoms with E-state index in [1.165, 1.54) is 6.20 Å². The van der Waals surface area contributed by atoms with Crippen LogP contribution in [0.2, 0.25) is 0 Å². The van der Waals surface area contributed by atoms with E-state index < -0.39 is 17.2 Å². The molecule has 0 saturated carbocycles. The van der Waals surface area contributed by atoms with Gasteiger partial charge in [-0.1, -0.05) is 0 Å². The van der Waals surface area contributed by atoms with Gasteiger partial charge in [-0.3, -0.25) is 9.48 Å². The van der Waals surface area contributed by atoms with Crippen LogP contribution in [0, 0.1) is 19.7 Å². The smallest absolute Gasteiger partial charge is 0.362 e. The quantitative estimate of drug-likeness (QED) is 0.290. The van der Waals surface area contributed by atoms with Crippen LogP contribution in [0.25, 0.3) is 10.9 Å². The van der Waals surface area contributed by atoms with E-state index in [0.29, 0.717) is 18.5 Å². The molecule has 176 valence electrons. The zero-order valence-electron chi connectivity index (χ0n) is 19.0. The van der Waals surface area contributed by atoms with Crippen LogP contribution in [0.4, 0.5) is 15.8 Å². The summed E-state index contributed by atoms with van der Waals surface area (Å²) in [6.45, 7) is 6.49. The van der Waals surface area contributed by atoms with Crippen LogP contribution >= 0.6 is 0 Å². The first-order valence-corrected chi connectivity index (χ1v) is 10.6. The lowest BCUT2D eigenvalue weighted by molar-refractivity contribution is 0.0500. The SMILES string of the molecule is Cc1nn(C)c(C)c1CCCNc1c(F)c(N)c2c(=O)c(C(=O)ON)cn3c2c1OC[C@@H]3C. The number of pyridine rings is 1. The highest BCUT2D eigenvalue weighted by Crippen LogP contribution is 2.43. The van der Waals surface area contributed by atoms with Crippen molar-refractivity contribution < 1.29 is 18.8 Å². The van der Waals surface area contributed by atoms with Gasteiger partial charge in [-0.2, -0.15) is 11.0 Å². The third-order valence-corrected chi connectivity index (χ3v) is 6.24. The van der Waals surface area contributed by atoms with E-state index in [0.717, 1.165) is 23.4 Å². The molecule has 0 bridgehead atoms. The Morgan fingerprint density at radius 2 is 2.15 bits per heavy atom. The predicted octanol–water partition coefficient (Wildman–Crippen LogP) is 2.10. The molecular weight excluding hydrogens is 431 g/mol. The summed E-state index contributed by atoms with van der Waals surface area (Å²) in [6.07, 6.45) is 2.84. The largest absolute Gasteiger partial charge is 0.487 e. The zero-order chi connectivity index (χ0) is 24.0. The minimum absolute atomic E-state index is 0.0915. The third-order valence-electron chi connectivity index (χ3n) is 6.24. The number of aromatic nitrogens is 3. The highest BCUT2D eigenvalue weighted by molar-refractivity contribution is 6.03. The molecule has 10 nitrogen and oxygen atoms in total. The Morgan fingerprint density at radius 3 is 2.79 bits per heavy atom. The second-order valence-corrected chi connectivity index (χ2v) is 8.30. The molecule has 0 unspecified atom stereocenters. The molecule has 1 atom stereocenters. The number of benzene rings is 1. The van der Waals surface area contributed by atoms with Gasteiger partial charge in [0.15, 0.2) is 11.6 Å². The molecule has 0 aliphatic carbocycles. The highest BCUT2D eigenvalue weighted by Gasteiger charge is 2.30. The Balaban J connectivity index is 1.72. The van der Waals surface area contributed by atoms with Crippen molar-refractivity contribution in [3.63, 3.8) is 0 Å². The molecule has 4 rings (SSSR count). The fourth-order valence-electron chi connectivity index (χ4n) is 4.37. The van der Waals surface area contributed by atoms with Gasteiger partial charge in [0.25, 0.3) is 0 Å². The van der Waals surface area contributed by atoms with Crippen molar-refractivity contribution in [3.8, 4) is 5.75 Å². The number of anilines is 2. The average Bonchev–Trinajstić information content (AvgIpc) is 3.03. The zero-order valence-corrected chi connectivity index (χ0v) is 19.0. The van der Waals surface area contributed by atoms with Gasteiger partial charge in [-0.25, -0.2) is 9.18 Å². The maximum atomic E-state index is 15.3. The first kappa shape index (κ1) is 22.6. The van der Waals surface area contributed by atoms with Gasteiger partial charge in [0.05, 0.1) is 28.3 Å². The molecule has 3 heterocycles. The van der Waals surface area contributed by atoms with Crippen molar-refractivity contribution in [3.05, 3.63) is 44.8 Å². The maximum absolute atomic E-state index is 15.3. The van der Waals surface area contributed by atoms with Crippen molar-refractivity contribution in [1.82, 2.24) is 14.3 Å². The molecule has 33 heavy (non-hydrogen) atoms. The van der Waals surface area contributed by atoms with Crippen LogP contribution in [0.3, 0.4) is 0 Å². The number of halogens is 1. The molecule has 2 aromatic heterocycles. The van der Waals surface area contributed by atoms with Crippen LogP contribution in [0.5, 0.6) is 5.75 Å². The van der Waals surface area contributed by atoms with Crippen molar-refractivity contribution in [2.45, 2.75) is 39.7 Å². The molecule has 3 aromatic rings. The normalized spacial score (nSPS) is 14.9. The van der Waals surface area contributed by atoms with Crippen LogP contribution in [-0.4, -0.2) is 33.5 Å². The van der Waals surface area contributed by atoms with Crippen LogP contribution in [0.1, 0.15) is 46.7 Å². The van der Waals surface area contributed by atoms with E-state index in [-0.39, 0.29) is 40.7 Å². The van der Waals surface area contributed by atoms with Crippen LogP contribution in [-0.2, 0) is 18.3 Å². The van der Waals surface area contributed by atoms with Crippen molar-refractivity contribution in [2.24, 2.45) is 12.9 Å². The topological polar surface area (TPSA) is 139 Å². The Morgan fingerprint density at radius 1 is 1.42 bits per heavy atom. The van der Waals surface area contributed by atoms with Crippen molar-refractivity contribution in [1.29, 1.82) is 0 Å². The molecule has 1 aliphatic rings. The summed E-state index contributed by atoms with van der Waals surface area (Å²) in [7, 11) is 1.90. The molecule has 11 heteroatoms. The number of carbonyl (C=O) groups is 1. The number of rotatable bonds is 6. The van der Waals surface area contributed by atoms with Gasteiger partial charge < -0.3 is 25.2 Å². The molecular formula is C22H27FN6O4. The van der Waals surface area contributed by atoms with Crippen LogP contribution in [0.15, 0.2) is 11.0 Å². The summed E-state index contributed by atoms with van der Waals surface area (Å²) in [5.41, 5.74) is 8.25. The van der Waals surface area contributed by atoms with E-state index in [4.69, 9.17) is 16.4 Å². The minimum Gasteiger partial charge on any atom is -0.487 e. The number of hydrogen-bond donors (Lipinski definition) is 3. The molecule has 0 saturated heterocycles. The van der Waals surface area contributed by atoms with E-state index in [1.807, 2.05) is 32.5 Å². The molecule has 0 spiro atoms. The molecule has 5 N–H and O–H groups in total. The number of nitrogens with zero attached hydrogens (tertiary/aromatic N) is 3. The Labute approximate surface area is 189 Å². The number of nitrogens with two attached hydrogens (primary N) is 2. The molecule has 0 amide bonds. The lowest BCUT2D eigenvalue weighted by atomic mass is 10.0. The predicted molar refractivity (Wildman–Crippen MR) is 122 cm³/mol. The number of hydrogen-bond acceptors (Lipinski definition) is 8. The summed E-state index contributed by atoms with van der Waals surface area (Å²) < 4.78 is 24.7. The minimum atomic E-state index is -1.02. The monoisotopic (exact) mass is 458 g/mol. The maximum Gasteiger partial charge on any atom is 0.362 e. The molecule has 0 radical (unpaired) electrons. The van der Waals surface area contributed by atoms with Crippen molar-refractivity contribution >= 4 is 28.2 Å². The average molecular weight is 458 g/mol. The molecule has 1 aliphatic heterocycles. The number of nitrogens with one attached hydrogen (secondary N) is 1. The van der Waals surface area contributed by atoms with Gasteiger partial charge in [0, 0.05) is 25.5 Å². The summed E-state index contributed by atoms with van der Waals surface area (Å²) in [5, 5.41) is 7.38. The molecule has 0 fully saturated rings. The summed E-state index contributed by atoms with van der Waals surface area (Å²) in [4.78, 5) is 29.2. The lowest BCUT2D eigenvalue weighted by Crippen LogP contribution is -2.29. The van der Waals surface area contributed by atoms with Crippen LogP contribution < -0.4 is 27.1 Å². The first-order valence-electron chi connectivity index (χ1n) is 10.6. The van der Waals surface area contributed by atoms with E-state index in [1.54, 1.807) is 4.57 Å². The van der Waals surface area contributed by atoms with E-state index in [9.17, 15) is 9.59 Å². The van der Waals surface area contributed by atoms with Gasteiger partial charge in [-0.05, 0) is 39.2 Å². The summed E-state index contributed by atoms with van der Waals surface area (Å²) in [5.74, 6) is 3.33. The second kappa shape index (κ2) is 8.39. The number of ether oxygens (including phenoxy) is 1. The van der Waals surface area contributed by atoms with Gasteiger partial charge in [0.2, 0.25) is 5.43 Å². The van der Waals surface area contributed by atoms with E-state index in [2.05, 4.69) is 15.3 Å². The Kier molecular flexibility index (Phi) is 5.75. The van der Waals surface area contributed by atoms with E-state index >= 15 is 4.39 Å². The molecule has 1 aromatic carbocycles. The number of nitrogen functional groups attached to an aromatic ring is 1. The van der Waals surface area contributed by atoms with Crippen molar-refractivity contribution in [2.75, 3.05) is 24.2 Å². The fourth-order valence-corrected chi connectivity index (χ4v) is 4.37. The number of aryl methyl sites for hydroxylation is 2. The summed E-state index contributed by atoms with van der Waals surface area (Å²) in [6, 6.07) is -0.237. The second-order valence-electron chi connectivity index (χ2n) is 8.30. The van der Waals surface area contributed by atoms with Gasteiger partial charge in [0.1, 0.15) is 17.9 Å². The van der Waals surface area contributed by atoms with Gasteiger partial charge >= 0.3 is 5.97 Å². The Bertz CT molecular complexity index is 1330. The lowest BCUT2D eigenvalue weighted by Gasteiger charge is -2.29. The first-order chi connectivity index (χ1) is 15.7. The highest BCUT2D eigenvalue weighted by atomic mass is 19.1. The Hall–Kier alpha value is -3.60.